The van der Waals surface area contributed by atoms with Crippen LogP contribution in [0.1, 0.15) is 264 Å². The van der Waals surface area contributed by atoms with Crippen molar-refractivity contribution in [3.8, 4) is 0 Å². The fourth-order valence-corrected chi connectivity index (χ4v) is 7.69. The summed E-state index contributed by atoms with van der Waals surface area (Å²) >= 11 is 0. The fourth-order valence-electron chi connectivity index (χ4n) is 7.69. The molecule has 326 valence electrons. The quantitative estimate of drug-likeness (QED) is 0.0366. The van der Waals surface area contributed by atoms with Crippen molar-refractivity contribution in [3.63, 3.8) is 0 Å². The minimum atomic E-state index is -0.931. The Kier molecular flexibility index (Phi) is 44.6. The van der Waals surface area contributed by atoms with Crippen LogP contribution in [0.3, 0.4) is 0 Å². The van der Waals surface area contributed by atoms with E-state index in [9.17, 15) is 20.1 Å². The highest BCUT2D eigenvalue weighted by molar-refractivity contribution is 5.76. The van der Waals surface area contributed by atoms with Crippen molar-refractivity contribution in [2.75, 3.05) is 6.61 Å². The number of carbonyl (C=O) groups is 1. The lowest BCUT2D eigenvalue weighted by Gasteiger charge is -2.21. The molecular weight excluding hydrogens is 679 g/mol. The highest BCUT2D eigenvalue weighted by Gasteiger charge is 2.20. The molecule has 0 radical (unpaired) electrons. The summed E-state index contributed by atoms with van der Waals surface area (Å²) in [5, 5.41) is 33.3. The van der Waals surface area contributed by atoms with Crippen LogP contribution in [-0.4, -0.2) is 46.1 Å². The number of rotatable bonds is 45. The van der Waals surface area contributed by atoms with Crippen molar-refractivity contribution in [2.45, 2.75) is 283 Å². The number of hydrogen-bond acceptors (Lipinski definition) is 4. The molecule has 0 aromatic carbocycles. The highest BCUT2D eigenvalue weighted by Crippen LogP contribution is 2.16. The monoisotopic (exact) mass is 776 g/mol. The van der Waals surface area contributed by atoms with Gasteiger partial charge in [0.15, 0.2) is 0 Å². The fraction of sp³-hybridized carbons (Fsp3) is 0.900. The predicted octanol–water partition coefficient (Wildman–Crippen LogP) is 14.6. The van der Waals surface area contributed by atoms with Crippen LogP contribution in [-0.2, 0) is 4.79 Å². The molecule has 0 saturated carbocycles. The van der Waals surface area contributed by atoms with Crippen LogP contribution in [0.15, 0.2) is 24.3 Å². The normalized spacial score (nSPS) is 13.6. The summed E-state index contributed by atoms with van der Waals surface area (Å²) in [4.78, 5) is 12.5. The number of aliphatic hydroxyl groups is 3. The van der Waals surface area contributed by atoms with E-state index in [0.29, 0.717) is 6.42 Å². The van der Waals surface area contributed by atoms with Gasteiger partial charge in [-0.25, -0.2) is 0 Å². The first kappa shape index (κ1) is 53.8. The number of nitrogens with one attached hydrogen (secondary N) is 1. The topological polar surface area (TPSA) is 89.8 Å². The molecule has 0 aromatic rings. The van der Waals surface area contributed by atoms with E-state index >= 15 is 0 Å². The Morgan fingerprint density at radius 1 is 0.455 bits per heavy atom. The van der Waals surface area contributed by atoms with Gasteiger partial charge >= 0.3 is 0 Å². The lowest BCUT2D eigenvalue weighted by Crippen LogP contribution is -2.45. The average Bonchev–Trinajstić information content (AvgIpc) is 3.18. The van der Waals surface area contributed by atoms with E-state index in [1.807, 2.05) is 6.08 Å². The zero-order chi connectivity index (χ0) is 40.1. The van der Waals surface area contributed by atoms with E-state index in [0.717, 1.165) is 38.5 Å². The van der Waals surface area contributed by atoms with Crippen LogP contribution in [0.2, 0.25) is 0 Å². The van der Waals surface area contributed by atoms with Crippen LogP contribution in [0.5, 0.6) is 0 Å². The van der Waals surface area contributed by atoms with Crippen LogP contribution >= 0.6 is 0 Å². The molecule has 3 atom stereocenters. The molecule has 0 aliphatic heterocycles. The van der Waals surface area contributed by atoms with Crippen LogP contribution in [0.25, 0.3) is 0 Å². The second kappa shape index (κ2) is 45.5. The summed E-state index contributed by atoms with van der Waals surface area (Å²) in [6.45, 7) is 4.23. The Morgan fingerprint density at radius 3 is 1.11 bits per heavy atom. The average molecular weight is 776 g/mol. The predicted molar refractivity (Wildman–Crippen MR) is 241 cm³/mol. The summed E-state index contributed by atoms with van der Waals surface area (Å²) in [6.07, 6.45) is 56.2. The van der Waals surface area contributed by atoms with Gasteiger partial charge in [-0.15, -0.1) is 0 Å². The van der Waals surface area contributed by atoms with Gasteiger partial charge in [-0.2, -0.15) is 0 Å². The van der Waals surface area contributed by atoms with Crippen molar-refractivity contribution in [3.05, 3.63) is 24.3 Å². The van der Waals surface area contributed by atoms with Gasteiger partial charge in [0.1, 0.15) is 0 Å². The Hall–Kier alpha value is -1.17. The first-order valence-electron chi connectivity index (χ1n) is 24.6. The molecule has 0 fully saturated rings. The first-order valence-corrected chi connectivity index (χ1v) is 24.6. The molecule has 5 heteroatoms. The molecule has 0 heterocycles. The van der Waals surface area contributed by atoms with E-state index < -0.39 is 18.2 Å². The summed E-state index contributed by atoms with van der Waals surface area (Å²) < 4.78 is 0. The number of amides is 1. The van der Waals surface area contributed by atoms with E-state index in [1.54, 1.807) is 6.08 Å². The molecule has 4 N–H and O–H groups in total. The molecule has 3 unspecified atom stereocenters. The van der Waals surface area contributed by atoms with Gasteiger partial charge in [0, 0.05) is 0 Å². The van der Waals surface area contributed by atoms with Crippen molar-refractivity contribution in [1.29, 1.82) is 0 Å². The molecule has 0 bridgehead atoms. The van der Waals surface area contributed by atoms with Crippen LogP contribution in [0.4, 0.5) is 0 Å². The van der Waals surface area contributed by atoms with Gasteiger partial charge in [0.05, 0.1) is 31.3 Å². The summed E-state index contributed by atoms with van der Waals surface area (Å²) in [5.41, 5.74) is 0. The number of unbranched alkanes of at least 4 members (excludes halogenated alkanes) is 34. The molecule has 5 nitrogen and oxygen atoms in total. The second-order valence-electron chi connectivity index (χ2n) is 17.1. The second-order valence-corrected chi connectivity index (χ2v) is 17.1. The number of carbonyl (C=O) groups excluding carboxylic acids is 1. The summed E-state index contributed by atoms with van der Waals surface area (Å²) in [6, 6.07) is -0.747. The SMILES string of the molecule is CCCCCCCCCCC/C=C\CCCCCC(O)CC(=O)NC(CO)C(O)/C=C/CCCCCCCCCCCCCCCCCCCCCCCC. The van der Waals surface area contributed by atoms with Gasteiger partial charge in [-0.05, 0) is 44.9 Å². The number of hydrogen-bond donors (Lipinski definition) is 4. The maximum Gasteiger partial charge on any atom is 0.222 e. The summed E-state index contributed by atoms with van der Waals surface area (Å²) in [7, 11) is 0. The van der Waals surface area contributed by atoms with Crippen LogP contribution in [0, 0.1) is 0 Å². The third kappa shape index (κ3) is 42.3. The standard InChI is InChI=1S/C50H97NO4/c1-3-5-7-9-11-13-15-17-19-21-22-23-24-25-26-27-28-30-32-34-36-38-40-42-44-49(54)48(46-52)51-50(55)45-47(53)43-41-39-37-35-33-31-29-20-18-16-14-12-10-8-6-4-2/h31,33,42,44,47-49,52-54H,3-30,32,34-41,43,45-46H2,1-2H3,(H,51,55)/b33-31-,44-42+. The van der Waals surface area contributed by atoms with Gasteiger partial charge in [0.2, 0.25) is 5.91 Å². The highest BCUT2D eigenvalue weighted by atomic mass is 16.3. The van der Waals surface area contributed by atoms with Crippen molar-refractivity contribution >= 4 is 5.91 Å². The molecule has 0 aliphatic rings. The van der Waals surface area contributed by atoms with Crippen molar-refractivity contribution < 1.29 is 20.1 Å². The molecule has 0 rings (SSSR count). The molecular formula is C50H97NO4. The molecule has 55 heavy (non-hydrogen) atoms. The molecule has 1 amide bonds. The van der Waals surface area contributed by atoms with E-state index in [4.69, 9.17) is 0 Å². The summed E-state index contributed by atoms with van der Waals surface area (Å²) in [5.74, 6) is -0.321. The zero-order valence-electron chi connectivity index (χ0n) is 37.1. The Bertz CT molecular complexity index is 814. The van der Waals surface area contributed by atoms with E-state index in [2.05, 4.69) is 31.3 Å². The lowest BCUT2D eigenvalue weighted by molar-refractivity contribution is -0.124. The third-order valence-corrected chi connectivity index (χ3v) is 11.5. The Labute approximate surface area is 343 Å². The maximum absolute atomic E-state index is 12.5. The van der Waals surface area contributed by atoms with Crippen molar-refractivity contribution in [1.82, 2.24) is 5.32 Å². The Morgan fingerprint density at radius 2 is 0.764 bits per heavy atom. The van der Waals surface area contributed by atoms with E-state index in [1.165, 1.54) is 199 Å². The molecule has 0 aliphatic carbocycles. The number of allylic oxidation sites excluding steroid dienone is 3. The van der Waals surface area contributed by atoms with Gasteiger partial charge in [-0.3, -0.25) is 4.79 Å². The maximum atomic E-state index is 12.5. The first-order chi connectivity index (χ1) is 27.0. The van der Waals surface area contributed by atoms with Crippen LogP contribution < -0.4 is 5.32 Å². The van der Waals surface area contributed by atoms with Gasteiger partial charge < -0.3 is 20.6 Å². The number of aliphatic hydroxyl groups excluding tert-OH is 3. The molecule has 0 spiro atoms. The zero-order valence-corrected chi connectivity index (χ0v) is 37.1. The third-order valence-electron chi connectivity index (χ3n) is 11.5. The largest absolute Gasteiger partial charge is 0.394 e. The minimum absolute atomic E-state index is 0.00501. The molecule has 0 aromatic heterocycles. The smallest absolute Gasteiger partial charge is 0.222 e. The van der Waals surface area contributed by atoms with E-state index in [-0.39, 0.29) is 18.9 Å². The lowest BCUT2D eigenvalue weighted by atomic mass is 10.0. The van der Waals surface area contributed by atoms with Gasteiger partial charge in [0.25, 0.3) is 0 Å². The van der Waals surface area contributed by atoms with Gasteiger partial charge in [-0.1, -0.05) is 237 Å². The Balaban J connectivity index is 3.61. The minimum Gasteiger partial charge on any atom is -0.394 e. The molecule has 0 saturated heterocycles. The van der Waals surface area contributed by atoms with Crippen molar-refractivity contribution in [2.24, 2.45) is 0 Å².